The smallest absolute Gasteiger partial charge is 0.00791 e. The lowest BCUT2D eigenvalue weighted by Gasteiger charge is -2.15. The first-order chi connectivity index (χ1) is 3.71. The topological polar surface area (TPSA) is 52.0 Å². The van der Waals surface area contributed by atoms with Crippen molar-refractivity contribution < 1.29 is 0 Å². The van der Waals surface area contributed by atoms with Crippen LogP contribution in [0, 0.1) is 5.41 Å². The summed E-state index contributed by atoms with van der Waals surface area (Å²) in [5.74, 6) is 0. The normalized spacial score (nSPS) is 27.4. The van der Waals surface area contributed by atoms with Gasteiger partial charge in [0.25, 0.3) is 0 Å². The molecule has 0 aliphatic heterocycles. The lowest BCUT2D eigenvalue weighted by Crippen LogP contribution is -2.33. The number of hydrogen-bond acceptors (Lipinski definition) is 2. The van der Waals surface area contributed by atoms with Gasteiger partial charge < -0.3 is 11.5 Å². The predicted octanol–water partition coefficient (Wildman–Crippen LogP) is 0.0725. The average Bonchev–Trinajstić information content (AvgIpc) is 2.44. The quantitative estimate of drug-likeness (QED) is 0.534. The van der Waals surface area contributed by atoms with Crippen molar-refractivity contribution in [1.29, 1.82) is 0 Å². The van der Waals surface area contributed by atoms with Crippen LogP contribution in [0.3, 0.4) is 0 Å². The summed E-state index contributed by atoms with van der Waals surface area (Å²) in [4.78, 5) is 0. The molecule has 0 radical (unpaired) electrons. The molecule has 1 fully saturated rings. The third-order valence-corrected chi connectivity index (χ3v) is 2.26. The van der Waals surface area contributed by atoms with Crippen LogP contribution in [0.2, 0.25) is 0 Å². The van der Waals surface area contributed by atoms with Gasteiger partial charge in [0, 0.05) is 6.04 Å². The Morgan fingerprint density at radius 3 is 2.12 bits per heavy atom. The van der Waals surface area contributed by atoms with E-state index in [4.69, 9.17) is 11.5 Å². The van der Waals surface area contributed by atoms with E-state index >= 15 is 0 Å². The number of nitrogens with two attached hydrogens (primary N) is 2. The van der Waals surface area contributed by atoms with E-state index in [0.29, 0.717) is 11.5 Å². The molecule has 0 aromatic heterocycles. The Kier molecular flexibility index (Phi) is 1.29. The summed E-state index contributed by atoms with van der Waals surface area (Å²) in [6.45, 7) is 2.81. The van der Waals surface area contributed by atoms with Gasteiger partial charge in [-0.25, -0.2) is 0 Å². The van der Waals surface area contributed by atoms with Gasteiger partial charge in [0.1, 0.15) is 0 Å². The fraction of sp³-hybridized carbons (Fsp3) is 1.00. The van der Waals surface area contributed by atoms with Gasteiger partial charge in [-0.05, 0) is 31.7 Å². The molecule has 0 saturated heterocycles. The third-order valence-electron chi connectivity index (χ3n) is 2.26. The van der Waals surface area contributed by atoms with Crippen molar-refractivity contribution in [3.05, 3.63) is 0 Å². The number of rotatable bonds is 2. The molecule has 0 bridgehead atoms. The largest absolute Gasteiger partial charge is 0.330 e. The van der Waals surface area contributed by atoms with Crippen LogP contribution in [-0.4, -0.2) is 12.6 Å². The molecule has 2 nitrogen and oxygen atoms in total. The molecule has 1 unspecified atom stereocenters. The maximum absolute atomic E-state index is 5.66. The molecule has 4 N–H and O–H groups in total. The molecular weight excluding hydrogens is 100 g/mol. The minimum absolute atomic E-state index is 0.299. The van der Waals surface area contributed by atoms with Crippen molar-refractivity contribution in [2.24, 2.45) is 16.9 Å². The minimum atomic E-state index is 0.299. The second kappa shape index (κ2) is 1.71. The van der Waals surface area contributed by atoms with Crippen molar-refractivity contribution in [3.8, 4) is 0 Å². The van der Waals surface area contributed by atoms with Crippen molar-refractivity contribution in [3.63, 3.8) is 0 Å². The fourth-order valence-corrected chi connectivity index (χ4v) is 1.01. The molecular formula is C6H14N2. The molecule has 0 heterocycles. The molecule has 0 spiro atoms. The van der Waals surface area contributed by atoms with E-state index in [2.05, 4.69) is 0 Å². The van der Waals surface area contributed by atoms with Crippen molar-refractivity contribution in [1.82, 2.24) is 0 Å². The SMILES string of the molecule is CC(N)C1(CN)CC1. The van der Waals surface area contributed by atoms with Crippen LogP contribution >= 0.6 is 0 Å². The molecule has 48 valence electrons. The van der Waals surface area contributed by atoms with Crippen LogP contribution < -0.4 is 11.5 Å². The Labute approximate surface area is 50.2 Å². The van der Waals surface area contributed by atoms with Gasteiger partial charge >= 0.3 is 0 Å². The molecule has 1 rings (SSSR count). The van der Waals surface area contributed by atoms with Gasteiger partial charge in [0.05, 0.1) is 0 Å². The first-order valence-corrected chi connectivity index (χ1v) is 3.17. The molecule has 2 heteroatoms. The summed E-state index contributed by atoms with van der Waals surface area (Å²) in [5.41, 5.74) is 11.5. The standard InChI is InChI=1S/C6H14N2/c1-5(8)6(4-7)2-3-6/h5H,2-4,7-8H2,1H3. The Morgan fingerprint density at radius 1 is 1.62 bits per heavy atom. The molecule has 1 aliphatic carbocycles. The minimum Gasteiger partial charge on any atom is -0.330 e. The maximum atomic E-state index is 5.66. The van der Waals surface area contributed by atoms with E-state index in [-0.39, 0.29) is 0 Å². The van der Waals surface area contributed by atoms with Crippen LogP contribution in [0.15, 0.2) is 0 Å². The van der Waals surface area contributed by atoms with E-state index in [0.717, 1.165) is 6.54 Å². The van der Waals surface area contributed by atoms with Crippen molar-refractivity contribution >= 4 is 0 Å². The van der Waals surface area contributed by atoms with E-state index < -0.39 is 0 Å². The summed E-state index contributed by atoms with van der Waals surface area (Å²) < 4.78 is 0. The first-order valence-electron chi connectivity index (χ1n) is 3.17. The average molecular weight is 114 g/mol. The zero-order chi connectivity index (χ0) is 6.20. The van der Waals surface area contributed by atoms with Crippen LogP contribution in [-0.2, 0) is 0 Å². The Balaban J connectivity index is 2.41. The highest BCUT2D eigenvalue weighted by Crippen LogP contribution is 2.46. The molecule has 1 aliphatic rings. The van der Waals surface area contributed by atoms with Crippen LogP contribution in [0.25, 0.3) is 0 Å². The highest BCUT2D eigenvalue weighted by Gasteiger charge is 2.44. The highest BCUT2D eigenvalue weighted by molar-refractivity contribution is 4.99. The summed E-state index contributed by atoms with van der Waals surface area (Å²) >= 11 is 0. The van der Waals surface area contributed by atoms with Crippen molar-refractivity contribution in [2.75, 3.05) is 6.54 Å². The summed E-state index contributed by atoms with van der Waals surface area (Å²) in [7, 11) is 0. The monoisotopic (exact) mass is 114 g/mol. The number of hydrogen-bond donors (Lipinski definition) is 2. The van der Waals surface area contributed by atoms with Gasteiger partial charge in [-0.2, -0.15) is 0 Å². The Bertz CT molecular complexity index is 84.5. The predicted molar refractivity (Wildman–Crippen MR) is 34.4 cm³/mol. The van der Waals surface area contributed by atoms with Gasteiger partial charge in [-0.3, -0.25) is 0 Å². The van der Waals surface area contributed by atoms with Gasteiger partial charge in [-0.1, -0.05) is 0 Å². The first kappa shape index (κ1) is 6.05. The van der Waals surface area contributed by atoms with Gasteiger partial charge in [0.2, 0.25) is 0 Å². The Hall–Kier alpha value is -0.0800. The lowest BCUT2D eigenvalue weighted by atomic mass is 10.00. The fourth-order valence-electron chi connectivity index (χ4n) is 1.01. The zero-order valence-corrected chi connectivity index (χ0v) is 5.35. The van der Waals surface area contributed by atoms with E-state index in [1.165, 1.54) is 12.8 Å². The molecule has 0 aromatic rings. The van der Waals surface area contributed by atoms with Crippen LogP contribution in [0.4, 0.5) is 0 Å². The van der Waals surface area contributed by atoms with E-state index in [9.17, 15) is 0 Å². The van der Waals surface area contributed by atoms with E-state index in [1.807, 2.05) is 6.92 Å². The lowest BCUT2D eigenvalue weighted by molar-refractivity contribution is 0.433. The summed E-state index contributed by atoms with van der Waals surface area (Å²) in [5, 5.41) is 0. The molecule has 0 aromatic carbocycles. The third kappa shape index (κ3) is 0.740. The molecule has 1 atom stereocenters. The summed E-state index contributed by atoms with van der Waals surface area (Å²) in [6.07, 6.45) is 2.47. The molecule has 8 heavy (non-hydrogen) atoms. The van der Waals surface area contributed by atoms with Gasteiger partial charge in [-0.15, -0.1) is 0 Å². The highest BCUT2D eigenvalue weighted by atomic mass is 14.8. The molecule has 1 saturated carbocycles. The second-order valence-electron chi connectivity index (χ2n) is 2.86. The zero-order valence-electron chi connectivity index (χ0n) is 5.35. The Morgan fingerprint density at radius 2 is 2.12 bits per heavy atom. The second-order valence-corrected chi connectivity index (χ2v) is 2.86. The van der Waals surface area contributed by atoms with Crippen LogP contribution in [0.5, 0.6) is 0 Å². The van der Waals surface area contributed by atoms with E-state index in [1.54, 1.807) is 0 Å². The summed E-state index contributed by atoms with van der Waals surface area (Å²) in [6, 6.07) is 0.299. The van der Waals surface area contributed by atoms with Crippen molar-refractivity contribution in [2.45, 2.75) is 25.8 Å². The van der Waals surface area contributed by atoms with Crippen LogP contribution in [0.1, 0.15) is 19.8 Å². The van der Waals surface area contributed by atoms with Gasteiger partial charge in [0.15, 0.2) is 0 Å². The maximum Gasteiger partial charge on any atom is 0.00791 e. The molecule has 0 amide bonds.